The molecular weight excluding hydrogens is 344 g/mol. The Morgan fingerprint density at radius 3 is 2.22 bits per heavy atom. The minimum absolute atomic E-state index is 0.198. The fraction of sp³-hybridized carbons (Fsp3) is 0.0500. The lowest BCUT2D eigenvalue weighted by molar-refractivity contribution is -0.134. The normalized spacial score (nSPS) is 10.1. The number of carboxylic acid groups (broad SMARTS) is 1. The number of ketones is 1. The van der Waals surface area contributed by atoms with Gasteiger partial charge in [-0.05, 0) is 36.4 Å². The summed E-state index contributed by atoms with van der Waals surface area (Å²) in [5.41, 5.74) is 2.21. The number of carbonyl (C=O) groups is 2. The van der Waals surface area contributed by atoms with Gasteiger partial charge in [0.05, 0.1) is 5.52 Å². The highest BCUT2D eigenvalue weighted by molar-refractivity contribution is 6.11. The van der Waals surface area contributed by atoms with Crippen LogP contribution in [0.25, 0.3) is 17.0 Å². The highest BCUT2D eigenvalue weighted by atomic mass is 16.4. The molecule has 1 N–H and O–H groups in total. The van der Waals surface area contributed by atoms with Crippen LogP contribution in [0.1, 0.15) is 23.1 Å². The number of hydrogen-bond donors (Lipinski definition) is 1. The largest absolute Gasteiger partial charge is 0.481 e. The van der Waals surface area contributed by atoms with Crippen LogP contribution < -0.4 is 0 Å². The van der Waals surface area contributed by atoms with Crippen LogP contribution in [0.3, 0.4) is 0 Å². The molecule has 134 valence electrons. The van der Waals surface area contributed by atoms with E-state index in [1.165, 1.54) is 0 Å². The van der Waals surface area contributed by atoms with E-state index < -0.39 is 5.97 Å². The Kier molecular flexibility index (Phi) is 5.32. The summed E-state index contributed by atoms with van der Waals surface area (Å²) in [5, 5.41) is 7.42. The SMILES string of the molecule is CC(=O)O.O=C(c1ccccn1)c1nc(-c2ccccn2)n2ccccc12. The van der Waals surface area contributed by atoms with Gasteiger partial charge in [-0.15, -0.1) is 0 Å². The molecule has 7 nitrogen and oxygen atoms in total. The van der Waals surface area contributed by atoms with E-state index in [4.69, 9.17) is 9.90 Å². The van der Waals surface area contributed by atoms with Crippen molar-refractivity contribution in [2.24, 2.45) is 0 Å². The zero-order chi connectivity index (χ0) is 19.2. The maximum atomic E-state index is 12.7. The molecule has 0 aromatic carbocycles. The summed E-state index contributed by atoms with van der Waals surface area (Å²) in [6, 6.07) is 16.5. The summed E-state index contributed by atoms with van der Waals surface area (Å²) in [6.07, 6.45) is 5.19. The molecule has 0 saturated carbocycles. The van der Waals surface area contributed by atoms with Gasteiger partial charge < -0.3 is 5.11 Å². The summed E-state index contributed by atoms with van der Waals surface area (Å²) in [7, 11) is 0. The first kappa shape index (κ1) is 17.9. The second-order valence-electron chi connectivity index (χ2n) is 5.52. The van der Waals surface area contributed by atoms with Crippen LogP contribution in [-0.2, 0) is 4.79 Å². The average molecular weight is 360 g/mol. The molecule has 4 rings (SSSR count). The lowest BCUT2D eigenvalue weighted by atomic mass is 10.2. The predicted octanol–water partition coefficient (Wildman–Crippen LogP) is 3.11. The Morgan fingerprint density at radius 1 is 0.926 bits per heavy atom. The minimum Gasteiger partial charge on any atom is -0.481 e. The number of aromatic nitrogens is 4. The van der Waals surface area contributed by atoms with Crippen molar-refractivity contribution in [3.63, 3.8) is 0 Å². The number of pyridine rings is 3. The second-order valence-corrected chi connectivity index (χ2v) is 5.52. The molecule has 0 unspecified atom stereocenters. The molecule has 0 atom stereocenters. The number of imidazole rings is 1. The average Bonchev–Trinajstić information content (AvgIpc) is 3.08. The van der Waals surface area contributed by atoms with Crippen molar-refractivity contribution in [3.8, 4) is 11.5 Å². The third-order valence-corrected chi connectivity index (χ3v) is 3.55. The summed E-state index contributed by atoms with van der Waals surface area (Å²) >= 11 is 0. The predicted molar refractivity (Wildman–Crippen MR) is 99.4 cm³/mol. The smallest absolute Gasteiger partial charge is 0.300 e. The second kappa shape index (κ2) is 8.01. The van der Waals surface area contributed by atoms with Crippen LogP contribution >= 0.6 is 0 Å². The van der Waals surface area contributed by atoms with Crippen LogP contribution in [-0.4, -0.2) is 36.2 Å². The van der Waals surface area contributed by atoms with Gasteiger partial charge in [0.1, 0.15) is 17.1 Å². The maximum Gasteiger partial charge on any atom is 0.300 e. The van der Waals surface area contributed by atoms with Crippen LogP contribution in [0.15, 0.2) is 73.2 Å². The monoisotopic (exact) mass is 360 g/mol. The Morgan fingerprint density at radius 2 is 1.59 bits per heavy atom. The first-order chi connectivity index (χ1) is 13.1. The van der Waals surface area contributed by atoms with E-state index in [-0.39, 0.29) is 5.78 Å². The van der Waals surface area contributed by atoms with E-state index in [1.807, 2.05) is 47.0 Å². The topological polar surface area (TPSA) is 97.4 Å². The quantitative estimate of drug-likeness (QED) is 0.564. The van der Waals surface area contributed by atoms with Gasteiger partial charge in [0.25, 0.3) is 5.97 Å². The molecule has 0 saturated heterocycles. The molecule has 0 radical (unpaired) electrons. The maximum absolute atomic E-state index is 12.7. The van der Waals surface area contributed by atoms with E-state index in [2.05, 4.69) is 15.0 Å². The lowest BCUT2D eigenvalue weighted by Gasteiger charge is -1.99. The summed E-state index contributed by atoms with van der Waals surface area (Å²) in [6.45, 7) is 1.08. The van der Waals surface area contributed by atoms with Crippen molar-refractivity contribution in [1.82, 2.24) is 19.4 Å². The molecule has 4 aromatic heterocycles. The van der Waals surface area contributed by atoms with Crippen LogP contribution in [0.4, 0.5) is 0 Å². The summed E-state index contributed by atoms with van der Waals surface area (Å²) < 4.78 is 1.87. The molecule has 4 heterocycles. The van der Waals surface area contributed by atoms with Gasteiger partial charge in [-0.2, -0.15) is 0 Å². The van der Waals surface area contributed by atoms with Crippen molar-refractivity contribution in [3.05, 3.63) is 84.6 Å². The number of carbonyl (C=O) groups excluding carboxylic acids is 1. The van der Waals surface area contributed by atoms with Gasteiger partial charge in [-0.1, -0.05) is 18.2 Å². The number of fused-ring (bicyclic) bond motifs is 1. The molecule has 0 bridgehead atoms. The standard InChI is InChI=1S/C18H12N4O.C2H4O2/c23-17(13-7-1-4-10-19-13)16-15-9-3-6-12-22(15)18(21-16)14-8-2-5-11-20-14;1-2(3)4/h1-12H;1H3,(H,3,4). The van der Waals surface area contributed by atoms with Gasteiger partial charge in [-0.3, -0.25) is 24.0 Å². The molecule has 27 heavy (non-hydrogen) atoms. The fourth-order valence-electron chi connectivity index (χ4n) is 2.50. The number of rotatable bonds is 3. The number of nitrogens with zero attached hydrogens (tertiary/aromatic N) is 4. The summed E-state index contributed by atoms with van der Waals surface area (Å²) in [4.78, 5) is 34.8. The molecule has 0 spiro atoms. The molecule has 0 aliphatic carbocycles. The van der Waals surface area contributed by atoms with E-state index in [0.29, 0.717) is 22.9 Å². The molecule has 0 aliphatic heterocycles. The van der Waals surface area contributed by atoms with E-state index in [0.717, 1.165) is 12.4 Å². The van der Waals surface area contributed by atoms with Gasteiger partial charge >= 0.3 is 0 Å². The number of aliphatic carboxylic acids is 1. The molecule has 4 aromatic rings. The van der Waals surface area contributed by atoms with Crippen molar-refractivity contribution in [2.45, 2.75) is 6.92 Å². The van der Waals surface area contributed by atoms with Gasteiger partial charge in [0.15, 0.2) is 5.82 Å². The van der Waals surface area contributed by atoms with E-state index in [9.17, 15) is 4.79 Å². The van der Waals surface area contributed by atoms with Crippen molar-refractivity contribution in [1.29, 1.82) is 0 Å². The summed E-state index contributed by atoms with van der Waals surface area (Å²) in [5.74, 6) is -0.392. The Labute approximate surface area is 155 Å². The minimum atomic E-state index is -0.833. The van der Waals surface area contributed by atoms with Crippen LogP contribution in [0.2, 0.25) is 0 Å². The zero-order valence-electron chi connectivity index (χ0n) is 14.5. The third-order valence-electron chi connectivity index (χ3n) is 3.55. The van der Waals surface area contributed by atoms with Gasteiger partial charge in [0.2, 0.25) is 5.78 Å². The molecule has 7 heteroatoms. The van der Waals surface area contributed by atoms with Gasteiger partial charge in [-0.25, -0.2) is 4.98 Å². The Balaban J connectivity index is 0.000000481. The molecule has 0 amide bonds. The third kappa shape index (κ3) is 4.04. The number of carboxylic acids is 1. The Hall–Kier alpha value is -3.87. The van der Waals surface area contributed by atoms with Crippen molar-refractivity contribution in [2.75, 3.05) is 0 Å². The van der Waals surface area contributed by atoms with E-state index in [1.54, 1.807) is 30.6 Å². The highest BCUT2D eigenvalue weighted by Gasteiger charge is 2.20. The van der Waals surface area contributed by atoms with Crippen LogP contribution in [0, 0.1) is 0 Å². The van der Waals surface area contributed by atoms with Crippen molar-refractivity contribution < 1.29 is 14.7 Å². The lowest BCUT2D eigenvalue weighted by Crippen LogP contribution is -2.04. The first-order valence-corrected chi connectivity index (χ1v) is 8.11. The van der Waals surface area contributed by atoms with Crippen molar-refractivity contribution >= 4 is 17.3 Å². The fourth-order valence-corrected chi connectivity index (χ4v) is 2.50. The van der Waals surface area contributed by atoms with E-state index >= 15 is 0 Å². The number of hydrogen-bond acceptors (Lipinski definition) is 5. The highest BCUT2D eigenvalue weighted by Crippen LogP contribution is 2.22. The zero-order valence-corrected chi connectivity index (χ0v) is 14.5. The molecule has 0 fully saturated rings. The van der Waals surface area contributed by atoms with Gasteiger partial charge in [0, 0.05) is 25.5 Å². The van der Waals surface area contributed by atoms with Crippen LogP contribution in [0.5, 0.6) is 0 Å². The first-order valence-electron chi connectivity index (χ1n) is 8.11. The molecular formula is C20H16N4O3. The molecule has 0 aliphatic rings. The Bertz CT molecular complexity index is 1070.